The average molecular weight is 969 g/mol. The molecule has 69 heavy (non-hydrogen) atoms. The van der Waals surface area contributed by atoms with Crippen molar-refractivity contribution in [2.45, 2.75) is 328 Å². The monoisotopic (exact) mass is 968 g/mol. The minimum Gasteiger partial charge on any atom is -0.466 e. The Balaban J connectivity index is 3.51. The van der Waals surface area contributed by atoms with Crippen LogP contribution in [0.4, 0.5) is 0 Å². The Bertz CT molecular complexity index is 1160. The number of unbranched alkanes of at least 4 members (excludes halogenated alkanes) is 38. The number of esters is 1. The SMILES string of the molecule is CCC/C=C\C/C=C\CCCCCCCC(=O)OCCCCC/C=C\C=C/CCCCCCCCC(=O)NC(CO)C(O)CCCCCCCCCCCCCCCCCCCCCCCCCC. The Morgan fingerprint density at radius 2 is 0.797 bits per heavy atom. The second-order valence-corrected chi connectivity index (χ2v) is 20.7. The minimum absolute atomic E-state index is 0.0369. The van der Waals surface area contributed by atoms with E-state index in [9.17, 15) is 19.8 Å². The molecule has 0 aliphatic carbocycles. The lowest BCUT2D eigenvalue weighted by molar-refractivity contribution is -0.143. The van der Waals surface area contributed by atoms with Gasteiger partial charge in [0.15, 0.2) is 0 Å². The highest BCUT2D eigenvalue weighted by atomic mass is 16.5. The molecule has 2 unspecified atom stereocenters. The first-order valence-corrected chi connectivity index (χ1v) is 30.4. The largest absolute Gasteiger partial charge is 0.466 e. The molecule has 0 heterocycles. The zero-order valence-electron chi connectivity index (χ0n) is 46.0. The fraction of sp³-hybridized carbons (Fsp3) is 0.841. The molecule has 0 saturated carbocycles. The summed E-state index contributed by atoms with van der Waals surface area (Å²) in [5, 5.41) is 23.4. The van der Waals surface area contributed by atoms with Gasteiger partial charge in [-0.3, -0.25) is 9.59 Å². The molecule has 0 saturated heterocycles. The summed E-state index contributed by atoms with van der Waals surface area (Å²) in [5.41, 5.74) is 0. The lowest BCUT2D eigenvalue weighted by Crippen LogP contribution is -2.45. The van der Waals surface area contributed by atoms with Crippen LogP contribution in [0.1, 0.15) is 316 Å². The quantitative estimate of drug-likeness (QED) is 0.0244. The Kier molecular flexibility index (Phi) is 56.5. The van der Waals surface area contributed by atoms with E-state index >= 15 is 0 Å². The summed E-state index contributed by atoms with van der Waals surface area (Å²) in [6.45, 7) is 4.84. The predicted octanol–water partition coefficient (Wildman–Crippen LogP) is 19.0. The van der Waals surface area contributed by atoms with E-state index in [0.29, 0.717) is 25.9 Å². The number of amides is 1. The van der Waals surface area contributed by atoms with Gasteiger partial charge in [-0.25, -0.2) is 0 Å². The third-order valence-corrected chi connectivity index (χ3v) is 13.9. The summed E-state index contributed by atoms with van der Waals surface area (Å²) in [6, 6.07) is -0.561. The van der Waals surface area contributed by atoms with Gasteiger partial charge in [0, 0.05) is 12.8 Å². The molecule has 0 aliphatic rings. The maximum Gasteiger partial charge on any atom is 0.305 e. The van der Waals surface area contributed by atoms with E-state index < -0.39 is 12.1 Å². The standard InChI is InChI=1S/C63H117NO5/c1-3-5-7-9-11-13-15-17-18-19-20-21-22-23-24-25-26-28-32-35-39-43-47-51-55-61(66)60(59-65)64-62(67)56-52-48-44-40-36-33-29-27-30-34-38-42-46-50-54-58-69-63(68)57-53-49-45-41-37-31-16-14-12-10-8-6-4-2/h8,10,14,16,27,30,34,38,60-61,65-66H,3-7,9,11-13,15,17-26,28-29,31-33,35-37,39-59H2,1-2H3,(H,64,67)/b10-8-,16-14-,30-27-,38-34-. The van der Waals surface area contributed by atoms with E-state index in [1.165, 1.54) is 193 Å². The number of ether oxygens (including phenoxy) is 1. The third kappa shape index (κ3) is 55.0. The van der Waals surface area contributed by atoms with Gasteiger partial charge in [0.05, 0.1) is 25.4 Å². The van der Waals surface area contributed by atoms with Gasteiger partial charge in [0.1, 0.15) is 0 Å². The fourth-order valence-electron chi connectivity index (χ4n) is 9.20. The van der Waals surface area contributed by atoms with Crippen molar-refractivity contribution < 1.29 is 24.5 Å². The maximum absolute atomic E-state index is 12.5. The third-order valence-electron chi connectivity index (χ3n) is 13.9. The van der Waals surface area contributed by atoms with Crippen LogP contribution in [0.2, 0.25) is 0 Å². The molecule has 0 aliphatic heterocycles. The van der Waals surface area contributed by atoms with E-state index in [-0.39, 0.29) is 18.5 Å². The number of hydrogen-bond acceptors (Lipinski definition) is 5. The zero-order chi connectivity index (χ0) is 50.0. The molecule has 0 rings (SSSR count). The van der Waals surface area contributed by atoms with E-state index in [1.54, 1.807) is 0 Å². The molecule has 2 atom stereocenters. The van der Waals surface area contributed by atoms with E-state index in [1.807, 2.05) is 0 Å². The summed E-state index contributed by atoms with van der Waals surface area (Å²) in [4.78, 5) is 24.5. The van der Waals surface area contributed by atoms with Crippen molar-refractivity contribution in [3.8, 4) is 0 Å². The smallest absolute Gasteiger partial charge is 0.305 e. The molecule has 0 aromatic heterocycles. The molecule has 0 fully saturated rings. The highest BCUT2D eigenvalue weighted by molar-refractivity contribution is 5.76. The van der Waals surface area contributed by atoms with Crippen molar-refractivity contribution in [3.63, 3.8) is 0 Å². The Morgan fingerprint density at radius 1 is 0.420 bits per heavy atom. The van der Waals surface area contributed by atoms with Gasteiger partial charge in [-0.1, -0.05) is 268 Å². The normalized spacial score (nSPS) is 12.9. The summed E-state index contributed by atoms with van der Waals surface area (Å²) in [5.74, 6) is -0.0929. The molecule has 404 valence electrons. The van der Waals surface area contributed by atoms with Crippen molar-refractivity contribution in [3.05, 3.63) is 48.6 Å². The van der Waals surface area contributed by atoms with Crippen molar-refractivity contribution in [2.75, 3.05) is 13.2 Å². The molecule has 6 heteroatoms. The number of carbonyl (C=O) groups excluding carboxylic acids is 2. The second kappa shape index (κ2) is 58.4. The Labute approximate surface area is 429 Å². The van der Waals surface area contributed by atoms with E-state index in [2.05, 4.69) is 67.8 Å². The first kappa shape index (κ1) is 66.8. The number of nitrogens with one attached hydrogen (secondary N) is 1. The molecule has 0 aromatic carbocycles. The fourth-order valence-corrected chi connectivity index (χ4v) is 9.20. The van der Waals surface area contributed by atoms with Crippen LogP contribution in [-0.4, -0.2) is 47.4 Å². The first-order valence-electron chi connectivity index (χ1n) is 30.4. The highest BCUT2D eigenvalue weighted by Gasteiger charge is 2.20. The van der Waals surface area contributed by atoms with Crippen molar-refractivity contribution in [1.29, 1.82) is 0 Å². The average Bonchev–Trinajstić information content (AvgIpc) is 3.35. The van der Waals surface area contributed by atoms with Crippen LogP contribution >= 0.6 is 0 Å². The van der Waals surface area contributed by atoms with E-state index in [0.717, 1.165) is 89.9 Å². The zero-order valence-corrected chi connectivity index (χ0v) is 46.0. The van der Waals surface area contributed by atoms with E-state index in [4.69, 9.17) is 4.74 Å². The van der Waals surface area contributed by atoms with Gasteiger partial charge in [0.25, 0.3) is 0 Å². The van der Waals surface area contributed by atoms with Crippen LogP contribution in [0.15, 0.2) is 48.6 Å². The van der Waals surface area contributed by atoms with Crippen molar-refractivity contribution >= 4 is 11.9 Å². The van der Waals surface area contributed by atoms with Crippen LogP contribution in [0, 0.1) is 0 Å². The second-order valence-electron chi connectivity index (χ2n) is 20.7. The van der Waals surface area contributed by atoms with Crippen molar-refractivity contribution in [2.24, 2.45) is 0 Å². The van der Waals surface area contributed by atoms with Gasteiger partial charge < -0.3 is 20.3 Å². The molecule has 0 spiro atoms. The topological polar surface area (TPSA) is 95.9 Å². The maximum atomic E-state index is 12.5. The molecular weight excluding hydrogens is 851 g/mol. The molecule has 0 radical (unpaired) electrons. The molecule has 0 aromatic rings. The van der Waals surface area contributed by atoms with Gasteiger partial charge in [-0.15, -0.1) is 0 Å². The number of carbonyl (C=O) groups is 2. The lowest BCUT2D eigenvalue weighted by Gasteiger charge is -2.22. The molecule has 3 N–H and O–H groups in total. The number of rotatable bonds is 56. The molecule has 1 amide bonds. The lowest BCUT2D eigenvalue weighted by atomic mass is 10.0. The highest BCUT2D eigenvalue weighted by Crippen LogP contribution is 2.17. The van der Waals surface area contributed by atoms with Crippen LogP contribution in [0.25, 0.3) is 0 Å². The summed E-state index contributed by atoms with van der Waals surface area (Å²) >= 11 is 0. The van der Waals surface area contributed by atoms with Crippen LogP contribution in [-0.2, 0) is 14.3 Å². The first-order chi connectivity index (χ1) is 34.0. The van der Waals surface area contributed by atoms with Crippen molar-refractivity contribution in [1.82, 2.24) is 5.32 Å². The van der Waals surface area contributed by atoms with Gasteiger partial charge in [-0.2, -0.15) is 0 Å². The summed E-state index contributed by atoms with van der Waals surface area (Å²) in [6.07, 6.45) is 74.0. The molecule has 6 nitrogen and oxygen atoms in total. The summed E-state index contributed by atoms with van der Waals surface area (Å²) in [7, 11) is 0. The molecular formula is C63H117NO5. The number of aliphatic hydroxyl groups excluding tert-OH is 2. The van der Waals surface area contributed by atoms with Gasteiger partial charge in [-0.05, 0) is 83.5 Å². The minimum atomic E-state index is -0.681. The summed E-state index contributed by atoms with van der Waals surface area (Å²) < 4.78 is 5.43. The van der Waals surface area contributed by atoms with Crippen LogP contribution in [0.3, 0.4) is 0 Å². The van der Waals surface area contributed by atoms with Crippen LogP contribution in [0.5, 0.6) is 0 Å². The number of aliphatic hydroxyl groups is 2. The van der Waals surface area contributed by atoms with Crippen LogP contribution < -0.4 is 5.32 Å². The predicted molar refractivity (Wildman–Crippen MR) is 301 cm³/mol. The number of allylic oxidation sites excluding steroid dienone is 8. The van der Waals surface area contributed by atoms with Gasteiger partial charge in [0.2, 0.25) is 5.91 Å². The van der Waals surface area contributed by atoms with Gasteiger partial charge >= 0.3 is 5.97 Å². The Morgan fingerprint density at radius 3 is 1.25 bits per heavy atom. The number of hydrogen-bond donors (Lipinski definition) is 3. The Hall–Kier alpha value is -2.18. The molecule has 0 bridgehead atoms.